The number of rotatable bonds is 2. The maximum atomic E-state index is 14.0. The van der Waals surface area contributed by atoms with E-state index in [9.17, 15) is 9.18 Å². The molecule has 0 aliphatic carbocycles. The Hall–Kier alpha value is -2.07. The van der Waals surface area contributed by atoms with Crippen LogP contribution in [0.5, 0.6) is 5.75 Å². The molecular formula is C19H17ClFNO2. The molecule has 2 aliphatic heterocycles. The standard InChI is InChI=1S/C19H17ClFNO2/c20-15-2-1-3-16(21)18(15)19(23)22-8-6-14(11-22)12-4-5-17-13(10-12)7-9-24-17/h1-5,10,14H,6-9,11H2/t14-/m0/s1. The second kappa shape index (κ2) is 6.10. The molecule has 124 valence electrons. The topological polar surface area (TPSA) is 29.5 Å². The van der Waals surface area contributed by atoms with Crippen LogP contribution in [-0.4, -0.2) is 30.5 Å². The fourth-order valence-corrected chi connectivity index (χ4v) is 3.78. The molecule has 1 fully saturated rings. The highest BCUT2D eigenvalue weighted by Crippen LogP contribution is 2.34. The third-order valence-corrected chi connectivity index (χ3v) is 5.15. The number of likely N-dealkylation sites (tertiary alicyclic amines) is 1. The number of carbonyl (C=O) groups is 1. The molecular weight excluding hydrogens is 329 g/mol. The Balaban J connectivity index is 1.53. The molecule has 24 heavy (non-hydrogen) atoms. The lowest BCUT2D eigenvalue weighted by molar-refractivity contribution is 0.0786. The normalized spacial score (nSPS) is 19.2. The summed E-state index contributed by atoms with van der Waals surface area (Å²) in [4.78, 5) is 14.3. The highest BCUT2D eigenvalue weighted by molar-refractivity contribution is 6.33. The molecule has 2 aliphatic rings. The summed E-state index contributed by atoms with van der Waals surface area (Å²) in [5.74, 6) is 0.337. The Labute approximate surface area is 145 Å². The van der Waals surface area contributed by atoms with Gasteiger partial charge in [0.15, 0.2) is 0 Å². The second-order valence-corrected chi connectivity index (χ2v) is 6.71. The monoisotopic (exact) mass is 345 g/mol. The van der Waals surface area contributed by atoms with Crippen molar-refractivity contribution in [1.82, 2.24) is 4.90 Å². The van der Waals surface area contributed by atoms with Crippen molar-refractivity contribution in [1.29, 1.82) is 0 Å². The van der Waals surface area contributed by atoms with Gasteiger partial charge >= 0.3 is 0 Å². The number of halogens is 2. The molecule has 2 aromatic rings. The largest absolute Gasteiger partial charge is 0.493 e. The molecule has 0 spiro atoms. The molecule has 0 radical (unpaired) electrons. The van der Waals surface area contributed by atoms with Crippen LogP contribution in [0.1, 0.15) is 33.8 Å². The minimum absolute atomic E-state index is 0.0258. The maximum Gasteiger partial charge on any atom is 0.258 e. The molecule has 0 aromatic heterocycles. The van der Waals surface area contributed by atoms with Crippen molar-refractivity contribution in [3.05, 3.63) is 63.9 Å². The first-order valence-corrected chi connectivity index (χ1v) is 8.50. The molecule has 1 amide bonds. The van der Waals surface area contributed by atoms with E-state index in [1.165, 1.54) is 23.3 Å². The molecule has 0 bridgehead atoms. The Morgan fingerprint density at radius 3 is 3.00 bits per heavy atom. The van der Waals surface area contributed by atoms with Crippen LogP contribution in [0.2, 0.25) is 5.02 Å². The van der Waals surface area contributed by atoms with Crippen LogP contribution < -0.4 is 4.74 Å². The van der Waals surface area contributed by atoms with Crippen molar-refractivity contribution in [2.24, 2.45) is 0 Å². The van der Waals surface area contributed by atoms with Crippen molar-refractivity contribution in [3.8, 4) is 5.75 Å². The van der Waals surface area contributed by atoms with Crippen molar-refractivity contribution >= 4 is 17.5 Å². The molecule has 0 N–H and O–H groups in total. The molecule has 0 saturated carbocycles. The van der Waals surface area contributed by atoms with Gasteiger partial charge in [-0.1, -0.05) is 29.8 Å². The molecule has 4 rings (SSSR count). The second-order valence-electron chi connectivity index (χ2n) is 6.30. The van der Waals surface area contributed by atoms with Crippen molar-refractivity contribution in [2.45, 2.75) is 18.8 Å². The summed E-state index contributed by atoms with van der Waals surface area (Å²) in [6.45, 7) is 1.94. The first kappa shape index (κ1) is 15.5. The SMILES string of the molecule is O=C(c1c(F)cccc1Cl)N1CC[C@H](c2ccc3c(c2)CCO3)C1. The Bertz CT molecular complexity index is 788. The Morgan fingerprint density at radius 2 is 2.17 bits per heavy atom. The van der Waals surface area contributed by atoms with Gasteiger partial charge in [0.25, 0.3) is 5.91 Å². The average molecular weight is 346 g/mol. The summed E-state index contributed by atoms with van der Waals surface area (Å²) in [7, 11) is 0. The molecule has 3 nitrogen and oxygen atoms in total. The van der Waals surface area contributed by atoms with E-state index in [-0.39, 0.29) is 22.4 Å². The third kappa shape index (κ3) is 2.65. The van der Waals surface area contributed by atoms with E-state index in [0.29, 0.717) is 13.1 Å². The third-order valence-electron chi connectivity index (χ3n) is 4.84. The number of benzene rings is 2. The zero-order valence-electron chi connectivity index (χ0n) is 13.1. The summed E-state index contributed by atoms with van der Waals surface area (Å²) in [5, 5.41) is 0.165. The van der Waals surface area contributed by atoms with Crippen LogP contribution in [0.15, 0.2) is 36.4 Å². The highest BCUT2D eigenvalue weighted by Gasteiger charge is 2.31. The van der Waals surface area contributed by atoms with Gasteiger partial charge < -0.3 is 9.64 Å². The van der Waals surface area contributed by atoms with Crippen LogP contribution >= 0.6 is 11.6 Å². The van der Waals surface area contributed by atoms with Gasteiger partial charge in [-0.25, -0.2) is 4.39 Å². The predicted octanol–water partition coefficient (Wildman–Crippen LogP) is 4.04. The van der Waals surface area contributed by atoms with E-state index in [1.54, 1.807) is 11.0 Å². The number of hydrogen-bond acceptors (Lipinski definition) is 2. The minimum atomic E-state index is -0.564. The summed E-state index contributed by atoms with van der Waals surface area (Å²) >= 11 is 6.02. The van der Waals surface area contributed by atoms with Crippen molar-refractivity contribution in [2.75, 3.05) is 19.7 Å². The first-order valence-electron chi connectivity index (χ1n) is 8.12. The summed E-state index contributed by atoms with van der Waals surface area (Å²) in [6.07, 6.45) is 1.81. The number of ether oxygens (including phenoxy) is 1. The Morgan fingerprint density at radius 1 is 1.29 bits per heavy atom. The van der Waals surface area contributed by atoms with E-state index in [4.69, 9.17) is 16.3 Å². The number of fused-ring (bicyclic) bond motifs is 1. The van der Waals surface area contributed by atoms with Gasteiger partial charge in [-0.05, 0) is 35.7 Å². The number of hydrogen-bond donors (Lipinski definition) is 0. The van der Waals surface area contributed by atoms with E-state index in [0.717, 1.165) is 25.2 Å². The van der Waals surface area contributed by atoms with Gasteiger partial charge in [-0.15, -0.1) is 0 Å². The van der Waals surface area contributed by atoms with E-state index < -0.39 is 5.82 Å². The quantitative estimate of drug-likeness (QED) is 0.822. The Kier molecular flexibility index (Phi) is 3.93. The lowest BCUT2D eigenvalue weighted by atomic mass is 9.96. The number of amides is 1. The van der Waals surface area contributed by atoms with Gasteiger partial charge in [-0.3, -0.25) is 4.79 Å². The number of nitrogens with zero attached hydrogens (tertiary/aromatic N) is 1. The predicted molar refractivity (Wildman–Crippen MR) is 90.3 cm³/mol. The average Bonchev–Trinajstić information content (AvgIpc) is 3.23. The first-order chi connectivity index (χ1) is 11.6. The van der Waals surface area contributed by atoms with Crippen molar-refractivity contribution in [3.63, 3.8) is 0 Å². The lowest BCUT2D eigenvalue weighted by Gasteiger charge is -2.18. The van der Waals surface area contributed by atoms with Crippen LogP contribution in [0.25, 0.3) is 0 Å². The summed E-state index contributed by atoms with van der Waals surface area (Å²) < 4.78 is 19.5. The molecule has 2 aromatic carbocycles. The van der Waals surface area contributed by atoms with E-state index in [2.05, 4.69) is 12.1 Å². The molecule has 5 heteroatoms. The zero-order chi connectivity index (χ0) is 16.7. The van der Waals surface area contributed by atoms with Crippen LogP contribution in [-0.2, 0) is 6.42 Å². The van der Waals surface area contributed by atoms with Gasteiger partial charge in [0.2, 0.25) is 0 Å². The summed E-state index contributed by atoms with van der Waals surface area (Å²) in [6, 6.07) is 10.6. The molecule has 1 saturated heterocycles. The zero-order valence-corrected chi connectivity index (χ0v) is 13.9. The van der Waals surface area contributed by atoms with Gasteiger partial charge in [0.1, 0.15) is 11.6 Å². The molecule has 1 atom stereocenters. The number of carbonyl (C=O) groups excluding carboxylic acids is 1. The highest BCUT2D eigenvalue weighted by atomic mass is 35.5. The van der Waals surface area contributed by atoms with Gasteiger partial charge in [-0.2, -0.15) is 0 Å². The van der Waals surface area contributed by atoms with Crippen LogP contribution in [0, 0.1) is 5.82 Å². The van der Waals surface area contributed by atoms with E-state index >= 15 is 0 Å². The molecule has 2 heterocycles. The summed E-state index contributed by atoms with van der Waals surface area (Å²) in [5.41, 5.74) is 2.42. The van der Waals surface area contributed by atoms with Crippen molar-refractivity contribution < 1.29 is 13.9 Å². The van der Waals surface area contributed by atoms with Crippen LogP contribution in [0.3, 0.4) is 0 Å². The molecule has 0 unspecified atom stereocenters. The maximum absolute atomic E-state index is 14.0. The fourth-order valence-electron chi connectivity index (χ4n) is 3.54. The smallest absolute Gasteiger partial charge is 0.258 e. The fraction of sp³-hybridized carbons (Fsp3) is 0.316. The van der Waals surface area contributed by atoms with Gasteiger partial charge in [0, 0.05) is 25.4 Å². The minimum Gasteiger partial charge on any atom is -0.493 e. The lowest BCUT2D eigenvalue weighted by Crippen LogP contribution is -2.29. The van der Waals surface area contributed by atoms with E-state index in [1.807, 2.05) is 6.07 Å². The van der Waals surface area contributed by atoms with Gasteiger partial charge in [0.05, 0.1) is 17.2 Å². The van der Waals surface area contributed by atoms with Crippen LogP contribution in [0.4, 0.5) is 4.39 Å².